The molecule has 0 aliphatic carbocycles. The Balaban J connectivity index is 0.00000280. The van der Waals surface area contributed by atoms with Crippen molar-refractivity contribution in [2.45, 2.75) is 25.4 Å². The summed E-state index contributed by atoms with van der Waals surface area (Å²) in [5.74, 6) is 0.361. The van der Waals surface area contributed by atoms with Gasteiger partial charge in [0, 0.05) is 19.2 Å². The summed E-state index contributed by atoms with van der Waals surface area (Å²) in [6, 6.07) is 13.5. The maximum Gasteiger partial charge on any atom is 0.257 e. The summed E-state index contributed by atoms with van der Waals surface area (Å²) in [5, 5.41) is 0.360. The minimum atomic E-state index is -0.0866. The molecule has 3 rings (SSSR count). The average Bonchev–Trinajstić information content (AvgIpc) is 2.70. The molecule has 0 unspecified atom stereocenters. The van der Waals surface area contributed by atoms with Crippen molar-refractivity contribution in [3.63, 3.8) is 0 Å². The highest BCUT2D eigenvalue weighted by molar-refractivity contribution is 6.33. The van der Waals surface area contributed by atoms with Crippen LogP contribution in [0.2, 0.25) is 5.02 Å². The zero-order chi connectivity index (χ0) is 19.2. The van der Waals surface area contributed by atoms with E-state index >= 15 is 0 Å². The second-order valence-corrected chi connectivity index (χ2v) is 7.08. The lowest BCUT2D eigenvalue weighted by Crippen LogP contribution is -2.41. The van der Waals surface area contributed by atoms with E-state index in [0.29, 0.717) is 41.7 Å². The number of anilines is 1. The molecule has 0 aromatic heterocycles. The number of amides is 1. The van der Waals surface area contributed by atoms with Crippen LogP contribution in [-0.4, -0.2) is 43.7 Å². The predicted molar refractivity (Wildman–Crippen MR) is 115 cm³/mol. The molecule has 1 heterocycles. The minimum Gasteiger partial charge on any atom is -0.496 e. The summed E-state index contributed by atoms with van der Waals surface area (Å²) in [4.78, 5) is 14.7. The molecule has 1 aliphatic rings. The van der Waals surface area contributed by atoms with Crippen LogP contribution < -0.4 is 10.5 Å². The third-order valence-corrected chi connectivity index (χ3v) is 5.19. The first-order valence-electron chi connectivity index (χ1n) is 9.16. The summed E-state index contributed by atoms with van der Waals surface area (Å²) in [6.45, 7) is 2.00. The molecule has 0 atom stereocenters. The first-order chi connectivity index (χ1) is 13.1. The molecular weight excluding hydrogens is 399 g/mol. The minimum absolute atomic E-state index is 0. The van der Waals surface area contributed by atoms with E-state index in [4.69, 9.17) is 26.8 Å². The molecule has 1 amide bonds. The van der Waals surface area contributed by atoms with Gasteiger partial charge in [-0.1, -0.05) is 41.9 Å². The molecule has 2 aromatic carbocycles. The first kappa shape index (κ1) is 22.3. The number of carbonyl (C=O) groups excluding carboxylic acids is 1. The molecule has 0 bridgehead atoms. The number of likely N-dealkylation sites (tertiary alicyclic amines) is 1. The number of hydrogen-bond acceptors (Lipinski definition) is 4. The van der Waals surface area contributed by atoms with Crippen LogP contribution in [0.4, 0.5) is 5.69 Å². The maximum atomic E-state index is 12.9. The zero-order valence-electron chi connectivity index (χ0n) is 15.9. The van der Waals surface area contributed by atoms with Crippen LogP contribution >= 0.6 is 24.0 Å². The van der Waals surface area contributed by atoms with Crippen molar-refractivity contribution < 1.29 is 14.3 Å². The van der Waals surface area contributed by atoms with Crippen LogP contribution in [0.25, 0.3) is 0 Å². The van der Waals surface area contributed by atoms with E-state index in [-0.39, 0.29) is 24.4 Å². The molecule has 1 saturated heterocycles. The van der Waals surface area contributed by atoms with Crippen molar-refractivity contribution >= 4 is 35.6 Å². The molecule has 7 heteroatoms. The van der Waals surface area contributed by atoms with Gasteiger partial charge in [0.25, 0.3) is 5.91 Å². The number of piperidine rings is 1. The van der Waals surface area contributed by atoms with Gasteiger partial charge < -0.3 is 20.1 Å². The largest absolute Gasteiger partial charge is 0.496 e. The summed E-state index contributed by atoms with van der Waals surface area (Å²) >= 11 is 6.09. The van der Waals surface area contributed by atoms with Gasteiger partial charge in [0.05, 0.1) is 36.1 Å². The van der Waals surface area contributed by atoms with Crippen LogP contribution in [0.3, 0.4) is 0 Å². The highest BCUT2D eigenvalue weighted by Gasteiger charge is 2.26. The predicted octanol–water partition coefficient (Wildman–Crippen LogP) is 4.22. The molecule has 152 valence electrons. The molecule has 0 spiro atoms. The van der Waals surface area contributed by atoms with Crippen LogP contribution in [0.5, 0.6) is 5.75 Å². The lowest BCUT2D eigenvalue weighted by atomic mass is 10.1. The molecule has 0 saturated carbocycles. The summed E-state index contributed by atoms with van der Waals surface area (Å²) in [6.07, 6.45) is 2.74. The van der Waals surface area contributed by atoms with Crippen molar-refractivity contribution in [3.05, 3.63) is 58.6 Å². The Bertz CT molecular complexity index is 779. The van der Waals surface area contributed by atoms with E-state index in [2.05, 4.69) is 12.1 Å². The van der Waals surface area contributed by atoms with Gasteiger partial charge in [0.2, 0.25) is 0 Å². The van der Waals surface area contributed by atoms with Gasteiger partial charge in [-0.15, -0.1) is 12.4 Å². The molecule has 5 nitrogen and oxygen atoms in total. The normalized spacial score (nSPS) is 14.4. The Morgan fingerprint density at radius 1 is 1.21 bits per heavy atom. The number of halogens is 2. The number of rotatable bonds is 6. The standard InChI is InChI=1S/C21H25ClN2O3.ClH/c1-26-20-14-19(23)18(22)13-17(20)21(25)24-10-7-16(8-11-24)27-12-9-15-5-3-2-4-6-15;/h2-6,13-14,16H,7-12,23H2,1H3;1H. The second kappa shape index (κ2) is 10.6. The number of ether oxygens (including phenoxy) is 2. The van der Waals surface area contributed by atoms with E-state index in [1.165, 1.54) is 12.7 Å². The molecule has 1 fully saturated rings. The van der Waals surface area contributed by atoms with Crippen molar-refractivity contribution in [1.82, 2.24) is 4.90 Å². The van der Waals surface area contributed by atoms with E-state index < -0.39 is 0 Å². The second-order valence-electron chi connectivity index (χ2n) is 6.67. The van der Waals surface area contributed by atoms with Crippen molar-refractivity contribution in [3.8, 4) is 5.75 Å². The quantitative estimate of drug-likeness (QED) is 0.704. The average molecular weight is 425 g/mol. The fraction of sp³-hybridized carbons (Fsp3) is 0.381. The third kappa shape index (κ3) is 5.53. The van der Waals surface area contributed by atoms with Gasteiger partial charge in [-0.3, -0.25) is 4.79 Å². The maximum absolute atomic E-state index is 12.9. The number of carbonyl (C=O) groups is 1. The number of methoxy groups -OCH3 is 1. The van der Waals surface area contributed by atoms with Gasteiger partial charge in [0.1, 0.15) is 5.75 Å². The number of hydrogen-bond donors (Lipinski definition) is 1. The van der Waals surface area contributed by atoms with Crippen LogP contribution in [0.1, 0.15) is 28.8 Å². The van der Waals surface area contributed by atoms with Gasteiger partial charge in [-0.2, -0.15) is 0 Å². The molecule has 2 aromatic rings. The molecule has 2 N–H and O–H groups in total. The Hall–Kier alpha value is -1.95. The summed E-state index contributed by atoms with van der Waals surface area (Å²) < 4.78 is 11.3. The molecule has 1 aliphatic heterocycles. The highest BCUT2D eigenvalue weighted by Crippen LogP contribution is 2.30. The summed E-state index contributed by atoms with van der Waals surface area (Å²) in [5.41, 5.74) is 7.92. The number of nitrogen functional groups attached to an aromatic ring is 1. The fourth-order valence-electron chi connectivity index (χ4n) is 3.29. The zero-order valence-corrected chi connectivity index (χ0v) is 17.5. The van der Waals surface area contributed by atoms with Crippen molar-refractivity contribution in [1.29, 1.82) is 0 Å². The SMILES string of the molecule is COc1cc(N)c(Cl)cc1C(=O)N1CCC(OCCc2ccccc2)CC1.Cl. The lowest BCUT2D eigenvalue weighted by Gasteiger charge is -2.32. The molecule has 28 heavy (non-hydrogen) atoms. The number of nitrogens with zero attached hydrogens (tertiary/aromatic N) is 1. The van der Waals surface area contributed by atoms with Crippen molar-refractivity contribution in [2.24, 2.45) is 0 Å². The number of benzene rings is 2. The highest BCUT2D eigenvalue weighted by atomic mass is 35.5. The van der Waals surface area contributed by atoms with E-state index in [1.54, 1.807) is 12.1 Å². The van der Waals surface area contributed by atoms with Crippen LogP contribution in [-0.2, 0) is 11.2 Å². The Labute approximate surface area is 177 Å². The first-order valence-corrected chi connectivity index (χ1v) is 9.54. The van der Waals surface area contributed by atoms with Gasteiger partial charge in [0.15, 0.2) is 0 Å². The van der Waals surface area contributed by atoms with Crippen LogP contribution in [0, 0.1) is 0 Å². The molecular formula is C21H26Cl2N2O3. The van der Waals surface area contributed by atoms with E-state index in [0.717, 1.165) is 19.3 Å². The smallest absolute Gasteiger partial charge is 0.257 e. The fourth-order valence-corrected chi connectivity index (χ4v) is 3.45. The number of nitrogens with two attached hydrogens (primary N) is 1. The lowest BCUT2D eigenvalue weighted by molar-refractivity contribution is 0.00997. The topological polar surface area (TPSA) is 64.8 Å². The van der Waals surface area contributed by atoms with E-state index in [9.17, 15) is 4.79 Å². The Morgan fingerprint density at radius 3 is 2.54 bits per heavy atom. The summed E-state index contributed by atoms with van der Waals surface area (Å²) in [7, 11) is 1.52. The van der Waals surface area contributed by atoms with E-state index in [1.807, 2.05) is 23.1 Å². The van der Waals surface area contributed by atoms with Gasteiger partial charge in [-0.25, -0.2) is 0 Å². The monoisotopic (exact) mass is 424 g/mol. The van der Waals surface area contributed by atoms with Gasteiger partial charge >= 0.3 is 0 Å². The third-order valence-electron chi connectivity index (χ3n) is 4.87. The molecule has 0 radical (unpaired) electrons. The Morgan fingerprint density at radius 2 is 1.89 bits per heavy atom. The van der Waals surface area contributed by atoms with Crippen LogP contribution in [0.15, 0.2) is 42.5 Å². The van der Waals surface area contributed by atoms with Crippen molar-refractivity contribution in [2.75, 3.05) is 32.5 Å². The van der Waals surface area contributed by atoms with Gasteiger partial charge in [-0.05, 0) is 30.9 Å². The Kier molecular flexibility index (Phi) is 8.42.